The van der Waals surface area contributed by atoms with Crippen molar-refractivity contribution in [3.8, 4) is 22.3 Å². The largest absolute Gasteiger partial charge is 0.0725 e. The summed E-state index contributed by atoms with van der Waals surface area (Å²) in [4.78, 5) is 0. The van der Waals surface area contributed by atoms with E-state index in [-0.39, 0.29) is 5.41 Å². The summed E-state index contributed by atoms with van der Waals surface area (Å²) in [6, 6.07) is 33.7. The first kappa shape index (κ1) is 21.8. The zero-order valence-electron chi connectivity index (χ0n) is 22.6. The zero-order valence-corrected chi connectivity index (χ0v) is 22.6. The minimum absolute atomic E-state index is 0.221. The maximum atomic E-state index is 2.72. The van der Waals surface area contributed by atoms with Crippen molar-refractivity contribution < 1.29 is 0 Å². The molecule has 0 heteroatoms. The molecule has 0 N–H and O–H groups in total. The van der Waals surface area contributed by atoms with Gasteiger partial charge in [-0.15, -0.1) is 0 Å². The van der Waals surface area contributed by atoms with E-state index in [4.69, 9.17) is 0 Å². The molecule has 1 atom stereocenters. The fourth-order valence-electron chi connectivity index (χ4n) is 10.3. The third kappa shape index (κ3) is 2.58. The molecule has 0 nitrogen and oxygen atoms in total. The summed E-state index contributed by atoms with van der Waals surface area (Å²) in [6.45, 7) is 4.66. The molecule has 0 amide bonds. The van der Waals surface area contributed by atoms with Crippen molar-refractivity contribution in [2.24, 2.45) is 17.8 Å². The Morgan fingerprint density at radius 3 is 1.63 bits per heavy atom. The molecule has 188 valence electrons. The quantitative estimate of drug-likeness (QED) is 0.226. The van der Waals surface area contributed by atoms with Crippen molar-refractivity contribution in [2.45, 2.75) is 69.1 Å². The van der Waals surface area contributed by atoms with E-state index < -0.39 is 0 Å². The van der Waals surface area contributed by atoms with Gasteiger partial charge in [0, 0.05) is 0 Å². The van der Waals surface area contributed by atoms with Gasteiger partial charge in [-0.3, -0.25) is 0 Å². The molecule has 4 bridgehead atoms. The van der Waals surface area contributed by atoms with Gasteiger partial charge in [-0.05, 0) is 123 Å². The third-order valence-corrected chi connectivity index (χ3v) is 11.4. The smallest absolute Gasteiger partial charge is 0.0619 e. The van der Waals surface area contributed by atoms with Gasteiger partial charge >= 0.3 is 0 Å². The van der Waals surface area contributed by atoms with Crippen LogP contribution < -0.4 is 0 Å². The molecule has 0 heterocycles. The van der Waals surface area contributed by atoms with Gasteiger partial charge in [0.05, 0.1) is 5.41 Å². The molecule has 0 aromatic heterocycles. The standard InChI is InChI=1S/C38H36/c1-23(2)27-11-13-31-29-7-3-5-9-33(29)38(35(31)18-27)34-10-6-4-8-30(34)32-14-12-28(19-36(32)38)37-20-24-15-25(21-37)17-26(16-24)22-37/h3-14,18-19,23-26H,15-17,20-22H2,1-2H3. The minimum Gasteiger partial charge on any atom is -0.0619 e. The Bertz CT molecular complexity index is 1590. The van der Waals surface area contributed by atoms with Gasteiger partial charge in [-0.1, -0.05) is 98.8 Å². The molecule has 4 aromatic rings. The van der Waals surface area contributed by atoms with E-state index in [2.05, 4.69) is 98.8 Å². The van der Waals surface area contributed by atoms with Crippen molar-refractivity contribution in [3.05, 3.63) is 118 Å². The number of rotatable bonds is 2. The average molecular weight is 493 g/mol. The van der Waals surface area contributed by atoms with Crippen LogP contribution in [0, 0.1) is 17.8 Å². The van der Waals surface area contributed by atoms with Gasteiger partial charge in [0.2, 0.25) is 0 Å². The summed E-state index contributed by atoms with van der Waals surface area (Å²) in [6.07, 6.45) is 8.75. The van der Waals surface area contributed by atoms with E-state index in [0.29, 0.717) is 11.3 Å². The molecule has 6 aliphatic carbocycles. The summed E-state index contributed by atoms with van der Waals surface area (Å²) in [5.41, 5.74) is 15.0. The number of benzene rings is 4. The molecule has 0 radical (unpaired) electrons. The Kier molecular flexibility index (Phi) is 4.18. The molecule has 1 unspecified atom stereocenters. The molecule has 1 spiro atoms. The molecule has 10 rings (SSSR count). The Hall–Kier alpha value is -3.12. The predicted octanol–water partition coefficient (Wildman–Crippen LogP) is 9.62. The minimum atomic E-state index is -0.221. The summed E-state index contributed by atoms with van der Waals surface area (Å²) in [5, 5.41) is 0. The van der Waals surface area contributed by atoms with Crippen LogP contribution in [-0.2, 0) is 10.8 Å². The topological polar surface area (TPSA) is 0 Å². The second-order valence-electron chi connectivity index (χ2n) is 13.8. The van der Waals surface area contributed by atoms with Crippen molar-refractivity contribution in [2.75, 3.05) is 0 Å². The van der Waals surface area contributed by atoms with Crippen molar-refractivity contribution >= 4 is 0 Å². The van der Waals surface area contributed by atoms with E-state index in [0.717, 1.165) is 17.8 Å². The molecule has 38 heavy (non-hydrogen) atoms. The highest BCUT2D eigenvalue weighted by molar-refractivity contribution is 5.95. The molecule has 0 aliphatic heterocycles. The second-order valence-corrected chi connectivity index (χ2v) is 13.8. The fourth-order valence-corrected chi connectivity index (χ4v) is 10.3. The van der Waals surface area contributed by atoms with Gasteiger partial charge in [0.25, 0.3) is 0 Å². The highest BCUT2D eigenvalue weighted by Gasteiger charge is 2.54. The highest BCUT2D eigenvalue weighted by Crippen LogP contribution is 2.65. The molecular formula is C38H36. The van der Waals surface area contributed by atoms with Crippen LogP contribution in [0.1, 0.15) is 91.7 Å². The first-order valence-electron chi connectivity index (χ1n) is 15.1. The molecular weight excluding hydrogens is 456 g/mol. The zero-order chi connectivity index (χ0) is 25.2. The lowest BCUT2D eigenvalue weighted by Crippen LogP contribution is -2.48. The highest BCUT2D eigenvalue weighted by atomic mass is 14.6. The van der Waals surface area contributed by atoms with Crippen LogP contribution >= 0.6 is 0 Å². The van der Waals surface area contributed by atoms with Crippen molar-refractivity contribution in [3.63, 3.8) is 0 Å². The van der Waals surface area contributed by atoms with Crippen LogP contribution in [0.15, 0.2) is 84.9 Å². The number of fused-ring (bicyclic) bond motifs is 10. The Morgan fingerprint density at radius 1 is 0.553 bits per heavy atom. The monoisotopic (exact) mass is 492 g/mol. The molecule has 4 fully saturated rings. The van der Waals surface area contributed by atoms with Crippen LogP contribution in [-0.4, -0.2) is 0 Å². The Morgan fingerprint density at radius 2 is 1.05 bits per heavy atom. The van der Waals surface area contributed by atoms with E-state index >= 15 is 0 Å². The summed E-state index contributed by atoms with van der Waals surface area (Å²) >= 11 is 0. The second kappa shape index (κ2) is 7.29. The maximum Gasteiger partial charge on any atom is 0.0725 e. The van der Waals surface area contributed by atoms with E-state index in [1.54, 1.807) is 11.1 Å². The molecule has 6 aliphatic rings. The van der Waals surface area contributed by atoms with Crippen molar-refractivity contribution in [1.29, 1.82) is 0 Å². The normalized spacial score (nSPS) is 31.0. The van der Waals surface area contributed by atoms with Crippen LogP contribution in [0.25, 0.3) is 22.3 Å². The van der Waals surface area contributed by atoms with Gasteiger partial charge in [0.15, 0.2) is 0 Å². The maximum absolute atomic E-state index is 2.72. The van der Waals surface area contributed by atoms with Gasteiger partial charge < -0.3 is 0 Å². The van der Waals surface area contributed by atoms with Crippen LogP contribution in [0.4, 0.5) is 0 Å². The first-order chi connectivity index (χ1) is 18.6. The van der Waals surface area contributed by atoms with Gasteiger partial charge in [-0.25, -0.2) is 0 Å². The summed E-state index contributed by atoms with van der Waals surface area (Å²) in [5.74, 6) is 3.39. The van der Waals surface area contributed by atoms with Crippen molar-refractivity contribution in [1.82, 2.24) is 0 Å². The molecule has 4 aromatic carbocycles. The SMILES string of the molecule is CC(C)c1ccc2c(c1)C1(c3ccccc3-2)c2ccccc2-c2ccc(C34CC5CC(CC(C5)C3)C4)cc21. The lowest BCUT2D eigenvalue weighted by molar-refractivity contribution is -0.00522. The van der Waals surface area contributed by atoms with Crippen LogP contribution in [0.5, 0.6) is 0 Å². The lowest BCUT2D eigenvalue weighted by atomic mass is 9.48. The predicted molar refractivity (Wildman–Crippen MR) is 157 cm³/mol. The van der Waals surface area contributed by atoms with E-state index in [1.165, 1.54) is 83.0 Å². The Labute approximate surface area is 227 Å². The van der Waals surface area contributed by atoms with E-state index in [9.17, 15) is 0 Å². The molecule has 4 saturated carbocycles. The van der Waals surface area contributed by atoms with Gasteiger partial charge in [0.1, 0.15) is 0 Å². The number of hydrogen-bond acceptors (Lipinski definition) is 0. The fraction of sp³-hybridized carbons (Fsp3) is 0.368. The van der Waals surface area contributed by atoms with Crippen LogP contribution in [0.2, 0.25) is 0 Å². The van der Waals surface area contributed by atoms with Crippen LogP contribution in [0.3, 0.4) is 0 Å². The first-order valence-corrected chi connectivity index (χ1v) is 15.1. The Balaban J connectivity index is 1.35. The van der Waals surface area contributed by atoms with E-state index in [1.807, 2.05) is 0 Å². The average Bonchev–Trinajstić information content (AvgIpc) is 3.39. The molecule has 0 saturated heterocycles. The lowest BCUT2D eigenvalue weighted by Gasteiger charge is -2.57. The summed E-state index contributed by atoms with van der Waals surface area (Å²) < 4.78 is 0. The van der Waals surface area contributed by atoms with Gasteiger partial charge in [-0.2, -0.15) is 0 Å². The number of hydrogen-bond donors (Lipinski definition) is 0. The summed E-state index contributed by atoms with van der Waals surface area (Å²) in [7, 11) is 0. The third-order valence-electron chi connectivity index (χ3n) is 11.4.